The van der Waals surface area contributed by atoms with E-state index in [0.29, 0.717) is 36.3 Å². The summed E-state index contributed by atoms with van der Waals surface area (Å²) in [5, 5.41) is 11.2. The van der Waals surface area contributed by atoms with Gasteiger partial charge in [-0.25, -0.2) is 4.98 Å². The maximum absolute atomic E-state index is 10.5. The molecule has 0 aliphatic carbocycles. The van der Waals surface area contributed by atoms with Crippen LogP contribution in [0.2, 0.25) is 5.02 Å². The number of fused-ring (bicyclic) bond motifs is 1. The third kappa shape index (κ3) is 3.91. The first-order valence-corrected chi connectivity index (χ1v) is 9.46. The summed E-state index contributed by atoms with van der Waals surface area (Å²) in [5.41, 5.74) is 3.82. The van der Waals surface area contributed by atoms with Crippen molar-refractivity contribution >= 4 is 11.6 Å². The zero-order chi connectivity index (χ0) is 19.5. The second kappa shape index (κ2) is 8.09. The topological polar surface area (TPSA) is 54.8 Å². The smallest absolute Gasteiger partial charge is 0.217 e. The standard InChI is InChI=1S/C22H21ClN2O3/c1-27-22-16(5-3-7-24-22)13-25-8-9-28-21-18(14-25)10-17(12-20(21)26)15-4-2-6-19(23)11-15/h2-7,10-12,26H,8-9,13-14H2,1H3. The highest BCUT2D eigenvalue weighted by Gasteiger charge is 2.21. The molecule has 1 aromatic heterocycles. The highest BCUT2D eigenvalue weighted by atomic mass is 35.5. The second-order valence-corrected chi connectivity index (χ2v) is 7.16. The van der Waals surface area contributed by atoms with E-state index >= 15 is 0 Å². The molecule has 144 valence electrons. The van der Waals surface area contributed by atoms with Crippen LogP contribution in [0.1, 0.15) is 11.1 Å². The predicted molar refractivity (Wildman–Crippen MR) is 109 cm³/mol. The fourth-order valence-corrected chi connectivity index (χ4v) is 3.68. The highest BCUT2D eigenvalue weighted by molar-refractivity contribution is 6.30. The monoisotopic (exact) mass is 396 g/mol. The van der Waals surface area contributed by atoms with E-state index in [9.17, 15) is 5.11 Å². The zero-order valence-electron chi connectivity index (χ0n) is 15.6. The number of hydrogen-bond acceptors (Lipinski definition) is 5. The van der Waals surface area contributed by atoms with Crippen molar-refractivity contribution in [3.8, 4) is 28.5 Å². The summed E-state index contributed by atoms with van der Waals surface area (Å²) < 4.78 is 11.2. The van der Waals surface area contributed by atoms with E-state index in [1.54, 1.807) is 19.4 Å². The lowest BCUT2D eigenvalue weighted by atomic mass is 10.0. The van der Waals surface area contributed by atoms with Gasteiger partial charge in [0.15, 0.2) is 11.5 Å². The Morgan fingerprint density at radius 2 is 2.07 bits per heavy atom. The van der Waals surface area contributed by atoms with Crippen molar-refractivity contribution in [2.24, 2.45) is 0 Å². The fourth-order valence-electron chi connectivity index (χ4n) is 3.49. The predicted octanol–water partition coefficient (Wildman–Crippen LogP) is 4.51. The molecule has 1 N–H and O–H groups in total. The van der Waals surface area contributed by atoms with Gasteiger partial charge in [-0.3, -0.25) is 4.90 Å². The van der Waals surface area contributed by atoms with Gasteiger partial charge >= 0.3 is 0 Å². The van der Waals surface area contributed by atoms with Crippen molar-refractivity contribution in [2.75, 3.05) is 20.3 Å². The Kier molecular flexibility index (Phi) is 5.37. The molecule has 0 saturated carbocycles. The number of nitrogens with zero attached hydrogens (tertiary/aromatic N) is 2. The molecule has 28 heavy (non-hydrogen) atoms. The van der Waals surface area contributed by atoms with Gasteiger partial charge in [-0.2, -0.15) is 0 Å². The van der Waals surface area contributed by atoms with Gasteiger partial charge in [-0.15, -0.1) is 0 Å². The molecule has 0 fully saturated rings. The number of benzene rings is 2. The first kappa shape index (κ1) is 18.6. The van der Waals surface area contributed by atoms with E-state index < -0.39 is 0 Å². The summed E-state index contributed by atoms with van der Waals surface area (Å²) in [6.45, 7) is 2.57. The van der Waals surface area contributed by atoms with E-state index in [2.05, 4.69) is 16.0 Å². The van der Waals surface area contributed by atoms with Gasteiger partial charge < -0.3 is 14.6 Å². The minimum atomic E-state index is 0.147. The van der Waals surface area contributed by atoms with Crippen LogP contribution in [-0.4, -0.2) is 35.3 Å². The van der Waals surface area contributed by atoms with Crippen LogP contribution in [-0.2, 0) is 13.1 Å². The lowest BCUT2D eigenvalue weighted by Gasteiger charge is -2.20. The average molecular weight is 397 g/mol. The third-order valence-electron chi connectivity index (χ3n) is 4.79. The first-order valence-electron chi connectivity index (χ1n) is 9.09. The molecular formula is C22H21ClN2O3. The molecule has 0 spiro atoms. The minimum absolute atomic E-state index is 0.147. The molecule has 1 aliphatic rings. The molecule has 0 unspecified atom stereocenters. The van der Waals surface area contributed by atoms with Crippen LogP contribution in [0.25, 0.3) is 11.1 Å². The number of methoxy groups -OCH3 is 1. The van der Waals surface area contributed by atoms with E-state index in [1.807, 2.05) is 36.4 Å². The number of aromatic hydroxyl groups is 1. The van der Waals surface area contributed by atoms with Gasteiger partial charge in [0.25, 0.3) is 0 Å². The van der Waals surface area contributed by atoms with Gasteiger partial charge in [-0.05, 0) is 41.5 Å². The molecule has 2 heterocycles. The Morgan fingerprint density at radius 3 is 2.89 bits per heavy atom. The number of hydrogen-bond donors (Lipinski definition) is 1. The first-order chi connectivity index (χ1) is 13.6. The number of phenolic OH excluding ortho intramolecular Hbond substituents is 1. The van der Waals surface area contributed by atoms with Gasteiger partial charge in [0.1, 0.15) is 6.61 Å². The molecular weight excluding hydrogens is 376 g/mol. The Bertz CT molecular complexity index is 993. The van der Waals surface area contributed by atoms with Crippen LogP contribution < -0.4 is 9.47 Å². The maximum atomic E-state index is 10.5. The number of ether oxygens (including phenoxy) is 2. The molecule has 2 aromatic carbocycles. The van der Waals surface area contributed by atoms with Gasteiger partial charge in [0, 0.05) is 42.0 Å². The normalized spacial score (nSPS) is 14.1. The molecule has 3 aromatic rings. The quantitative estimate of drug-likeness (QED) is 0.703. The molecule has 0 amide bonds. The van der Waals surface area contributed by atoms with Crippen LogP contribution >= 0.6 is 11.6 Å². The van der Waals surface area contributed by atoms with Crippen molar-refractivity contribution in [2.45, 2.75) is 13.1 Å². The van der Waals surface area contributed by atoms with E-state index in [1.165, 1.54) is 0 Å². The maximum Gasteiger partial charge on any atom is 0.217 e. The summed E-state index contributed by atoms with van der Waals surface area (Å²) in [6, 6.07) is 15.3. The summed E-state index contributed by atoms with van der Waals surface area (Å²) >= 11 is 6.13. The number of aromatic nitrogens is 1. The van der Waals surface area contributed by atoms with Crippen LogP contribution in [0.5, 0.6) is 17.4 Å². The van der Waals surface area contributed by atoms with Crippen LogP contribution in [0.3, 0.4) is 0 Å². The summed E-state index contributed by atoms with van der Waals surface area (Å²) in [7, 11) is 1.63. The SMILES string of the molecule is COc1ncccc1CN1CCOc2c(O)cc(-c3cccc(Cl)c3)cc2C1. The molecule has 1 aliphatic heterocycles. The summed E-state index contributed by atoms with van der Waals surface area (Å²) in [5.74, 6) is 1.32. The van der Waals surface area contributed by atoms with Crippen molar-refractivity contribution in [3.63, 3.8) is 0 Å². The van der Waals surface area contributed by atoms with Crippen molar-refractivity contribution in [1.82, 2.24) is 9.88 Å². The summed E-state index contributed by atoms with van der Waals surface area (Å²) in [4.78, 5) is 6.53. The molecule has 4 rings (SSSR count). The molecule has 5 nitrogen and oxygen atoms in total. The lowest BCUT2D eigenvalue weighted by molar-refractivity contribution is 0.214. The molecule has 0 saturated heterocycles. The highest BCUT2D eigenvalue weighted by Crippen LogP contribution is 2.38. The Morgan fingerprint density at radius 1 is 1.18 bits per heavy atom. The van der Waals surface area contributed by atoms with Gasteiger partial charge in [-0.1, -0.05) is 29.8 Å². The van der Waals surface area contributed by atoms with Gasteiger partial charge in [0.05, 0.1) is 7.11 Å². The minimum Gasteiger partial charge on any atom is -0.504 e. The van der Waals surface area contributed by atoms with E-state index in [-0.39, 0.29) is 5.75 Å². The molecule has 0 bridgehead atoms. The number of rotatable bonds is 4. The molecule has 6 heteroatoms. The van der Waals surface area contributed by atoms with E-state index in [0.717, 1.165) is 28.8 Å². The number of pyridine rings is 1. The fraction of sp³-hybridized carbons (Fsp3) is 0.227. The van der Waals surface area contributed by atoms with Gasteiger partial charge in [0.2, 0.25) is 5.88 Å². The van der Waals surface area contributed by atoms with Crippen molar-refractivity contribution in [3.05, 3.63) is 70.9 Å². The van der Waals surface area contributed by atoms with Crippen molar-refractivity contribution < 1.29 is 14.6 Å². The van der Waals surface area contributed by atoms with E-state index in [4.69, 9.17) is 21.1 Å². The Labute approximate surface area is 169 Å². The number of halogens is 1. The molecule has 0 atom stereocenters. The summed E-state index contributed by atoms with van der Waals surface area (Å²) in [6.07, 6.45) is 1.72. The third-order valence-corrected chi connectivity index (χ3v) is 5.02. The van der Waals surface area contributed by atoms with Crippen LogP contribution in [0.4, 0.5) is 0 Å². The van der Waals surface area contributed by atoms with Crippen LogP contribution in [0, 0.1) is 0 Å². The Balaban J connectivity index is 1.65. The number of phenols is 1. The molecule has 0 radical (unpaired) electrons. The lowest BCUT2D eigenvalue weighted by Crippen LogP contribution is -2.25. The zero-order valence-corrected chi connectivity index (χ0v) is 16.3. The van der Waals surface area contributed by atoms with Crippen LogP contribution in [0.15, 0.2) is 54.7 Å². The average Bonchev–Trinajstić information content (AvgIpc) is 2.90. The Hall–Kier alpha value is -2.76. The largest absolute Gasteiger partial charge is 0.504 e. The van der Waals surface area contributed by atoms with Crippen molar-refractivity contribution in [1.29, 1.82) is 0 Å². The second-order valence-electron chi connectivity index (χ2n) is 6.72.